The van der Waals surface area contributed by atoms with Crippen LogP contribution in [-0.2, 0) is 11.3 Å². The molecule has 5 nitrogen and oxygen atoms in total. The van der Waals surface area contributed by atoms with Gasteiger partial charge in [-0.05, 0) is 23.6 Å². The van der Waals surface area contributed by atoms with Gasteiger partial charge in [-0.2, -0.15) is 0 Å². The number of amides is 1. The van der Waals surface area contributed by atoms with Gasteiger partial charge < -0.3 is 15.6 Å². The zero-order valence-electron chi connectivity index (χ0n) is 13.9. The third-order valence-electron chi connectivity index (χ3n) is 4.03. The second-order valence-corrected chi connectivity index (χ2v) is 5.74. The molecule has 2 atom stereocenters. The molecule has 0 fully saturated rings. The van der Waals surface area contributed by atoms with E-state index in [-0.39, 0.29) is 35.5 Å². The zero-order chi connectivity index (χ0) is 16.8. The quantitative estimate of drug-likeness (QED) is 0.841. The van der Waals surface area contributed by atoms with E-state index in [9.17, 15) is 9.59 Å². The molecule has 0 aliphatic carbocycles. The first kappa shape index (κ1) is 19.9. The molecule has 1 amide bonds. The first-order valence-corrected chi connectivity index (χ1v) is 7.82. The van der Waals surface area contributed by atoms with Crippen LogP contribution in [0.15, 0.2) is 53.5 Å². The second-order valence-electron chi connectivity index (χ2n) is 5.74. The Bertz CT molecular complexity index is 716. The number of pyridine rings is 1. The molecule has 0 saturated carbocycles. The van der Waals surface area contributed by atoms with Gasteiger partial charge >= 0.3 is 0 Å². The van der Waals surface area contributed by atoms with Crippen LogP contribution >= 0.6 is 12.4 Å². The third-order valence-corrected chi connectivity index (χ3v) is 4.03. The Balaban J connectivity index is 0.00000288. The molecule has 1 aromatic heterocycles. The number of hydrogen-bond acceptors (Lipinski definition) is 3. The lowest BCUT2D eigenvalue weighted by Crippen LogP contribution is -2.41. The number of anilines is 1. The van der Waals surface area contributed by atoms with Gasteiger partial charge in [-0.1, -0.05) is 50.6 Å². The van der Waals surface area contributed by atoms with E-state index in [1.54, 1.807) is 22.9 Å². The van der Waals surface area contributed by atoms with E-state index in [2.05, 4.69) is 5.32 Å². The van der Waals surface area contributed by atoms with Crippen LogP contribution in [0.1, 0.15) is 25.8 Å². The van der Waals surface area contributed by atoms with Crippen molar-refractivity contribution in [3.63, 3.8) is 0 Å². The van der Waals surface area contributed by atoms with Crippen LogP contribution in [0.3, 0.4) is 0 Å². The highest BCUT2D eigenvalue weighted by Gasteiger charge is 2.20. The van der Waals surface area contributed by atoms with Crippen LogP contribution in [0, 0.1) is 5.92 Å². The zero-order valence-corrected chi connectivity index (χ0v) is 14.8. The molecule has 3 N–H and O–H groups in total. The molecule has 0 spiro atoms. The fourth-order valence-corrected chi connectivity index (χ4v) is 2.27. The second kappa shape index (κ2) is 9.25. The highest BCUT2D eigenvalue weighted by atomic mass is 35.5. The molecule has 0 bridgehead atoms. The summed E-state index contributed by atoms with van der Waals surface area (Å²) in [5, 5.41) is 2.65. The molecular formula is C18H24ClN3O2. The first-order valence-electron chi connectivity index (χ1n) is 7.82. The lowest BCUT2D eigenvalue weighted by Gasteiger charge is -2.17. The molecule has 2 rings (SSSR count). The van der Waals surface area contributed by atoms with Gasteiger partial charge in [0.05, 0.1) is 12.6 Å². The van der Waals surface area contributed by atoms with Crippen molar-refractivity contribution in [2.75, 3.05) is 5.32 Å². The first-order chi connectivity index (χ1) is 11.0. The summed E-state index contributed by atoms with van der Waals surface area (Å²) in [6, 6.07) is 12.4. The van der Waals surface area contributed by atoms with E-state index in [4.69, 9.17) is 5.73 Å². The maximum absolute atomic E-state index is 12.5. The number of nitrogens with one attached hydrogen (secondary N) is 1. The highest BCUT2D eigenvalue weighted by molar-refractivity contribution is 5.94. The van der Waals surface area contributed by atoms with Crippen molar-refractivity contribution in [1.82, 2.24) is 4.57 Å². The fraction of sp³-hybridized carbons (Fsp3) is 0.333. The lowest BCUT2D eigenvalue weighted by molar-refractivity contribution is -0.118. The molecule has 130 valence electrons. The standard InChI is InChI=1S/C18H23N3O2.ClH/c1-3-13(2)16(19)17(22)20-15-10-7-11-21(18(15)23)12-14-8-5-4-6-9-14;/h4-11,13,16H,3,12,19H2,1-2H3,(H,20,22);1H. The Labute approximate surface area is 148 Å². The average molecular weight is 350 g/mol. The lowest BCUT2D eigenvalue weighted by atomic mass is 9.99. The van der Waals surface area contributed by atoms with Crippen LogP contribution in [0.25, 0.3) is 0 Å². The van der Waals surface area contributed by atoms with Crippen LogP contribution in [0.4, 0.5) is 5.69 Å². The summed E-state index contributed by atoms with van der Waals surface area (Å²) in [6.45, 7) is 4.36. The van der Waals surface area contributed by atoms with Gasteiger partial charge in [-0.25, -0.2) is 0 Å². The maximum atomic E-state index is 12.5. The number of nitrogens with zero attached hydrogens (tertiary/aromatic N) is 1. The molecule has 0 radical (unpaired) electrons. The molecule has 24 heavy (non-hydrogen) atoms. The summed E-state index contributed by atoms with van der Waals surface area (Å²) in [5.74, 6) is -0.265. The third kappa shape index (κ3) is 4.94. The minimum Gasteiger partial charge on any atom is -0.320 e. The number of halogens is 1. The van der Waals surface area contributed by atoms with E-state index < -0.39 is 6.04 Å². The molecular weight excluding hydrogens is 326 g/mol. The van der Waals surface area contributed by atoms with Crippen molar-refractivity contribution in [2.45, 2.75) is 32.9 Å². The largest absolute Gasteiger partial charge is 0.320 e. The summed E-state index contributed by atoms with van der Waals surface area (Å²) in [4.78, 5) is 24.6. The summed E-state index contributed by atoms with van der Waals surface area (Å²) >= 11 is 0. The molecule has 0 saturated heterocycles. The monoisotopic (exact) mass is 349 g/mol. The Kier molecular flexibility index (Phi) is 7.68. The van der Waals surface area contributed by atoms with E-state index in [1.807, 2.05) is 44.2 Å². The molecule has 0 aliphatic heterocycles. The normalized spacial score (nSPS) is 12.8. The summed E-state index contributed by atoms with van der Waals surface area (Å²) in [6.07, 6.45) is 2.52. The molecule has 2 unspecified atom stereocenters. The van der Waals surface area contributed by atoms with Crippen molar-refractivity contribution < 1.29 is 4.79 Å². The van der Waals surface area contributed by atoms with Gasteiger partial charge in [-0.15, -0.1) is 12.4 Å². The number of aromatic nitrogens is 1. The van der Waals surface area contributed by atoms with Crippen molar-refractivity contribution >= 4 is 24.0 Å². The molecule has 1 heterocycles. The Morgan fingerprint density at radius 1 is 1.21 bits per heavy atom. The summed E-state index contributed by atoms with van der Waals surface area (Å²) in [5.41, 5.74) is 6.95. The van der Waals surface area contributed by atoms with Gasteiger partial charge in [0.15, 0.2) is 0 Å². The van der Waals surface area contributed by atoms with Crippen molar-refractivity contribution in [1.29, 1.82) is 0 Å². The van der Waals surface area contributed by atoms with Crippen molar-refractivity contribution in [3.05, 3.63) is 64.6 Å². The minimum absolute atomic E-state index is 0. The number of benzene rings is 1. The Morgan fingerprint density at radius 3 is 2.50 bits per heavy atom. The van der Waals surface area contributed by atoms with Crippen LogP contribution in [-0.4, -0.2) is 16.5 Å². The molecule has 2 aromatic rings. The van der Waals surface area contributed by atoms with Crippen LogP contribution in [0.5, 0.6) is 0 Å². The van der Waals surface area contributed by atoms with Crippen molar-refractivity contribution in [3.8, 4) is 0 Å². The SMILES string of the molecule is CCC(C)C(N)C(=O)Nc1cccn(Cc2ccccc2)c1=O.Cl. The summed E-state index contributed by atoms with van der Waals surface area (Å²) < 4.78 is 1.57. The number of rotatable bonds is 6. The Hall–Kier alpha value is -2.11. The van der Waals surface area contributed by atoms with Crippen LogP contribution in [0.2, 0.25) is 0 Å². The number of nitrogens with two attached hydrogens (primary N) is 1. The molecule has 0 aliphatic rings. The predicted molar refractivity (Wildman–Crippen MR) is 99.6 cm³/mol. The van der Waals surface area contributed by atoms with Crippen LogP contribution < -0.4 is 16.6 Å². The maximum Gasteiger partial charge on any atom is 0.274 e. The van der Waals surface area contributed by atoms with Gasteiger partial charge in [-0.3, -0.25) is 9.59 Å². The number of carbonyl (C=O) groups excluding carboxylic acids is 1. The summed E-state index contributed by atoms with van der Waals surface area (Å²) in [7, 11) is 0. The molecule has 6 heteroatoms. The van der Waals surface area contributed by atoms with Gasteiger partial charge in [0.2, 0.25) is 5.91 Å². The predicted octanol–water partition coefficient (Wildman–Crippen LogP) is 2.63. The van der Waals surface area contributed by atoms with E-state index >= 15 is 0 Å². The van der Waals surface area contributed by atoms with E-state index in [0.717, 1.165) is 12.0 Å². The van der Waals surface area contributed by atoms with Gasteiger partial charge in [0.1, 0.15) is 5.69 Å². The van der Waals surface area contributed by atoms with E-state index in [0.29, 0.717) is 6.54 Å². The highest BCUT2D eigenvalue weighted by Crippen LogP contribution is 2.08. The minimum atomic E-state index is -0.623. The van der Waals surface area contributed by atoms with Gasteiger partial charge in [0, 0.05) is 6.20 Å². The average Bonchev–Trinajstić information content (AvgIpc) is 2.58. The number of carbonyl (C=O) groups is 1. The Morgan fingerprint density at radius 2 is 1.88 bits per heavy atom. The van der Waals surface area contributed by atoms with Crippen molar-refractivity contribution in [2.24, 2.45) is 11.7 Å². The van der Waals surface area contributed by atoms with E-state index in [1.165, 1.54) is 0 Å². The van der Waals surface area contributed by atoms with Gasteiger partial charge in [0.25, 0.3) is 5.56 Å². The number of hydrogen-bond donors (Lipinski definition) is 2. The molecule has 1 aromatic carbocycles. The smallest absolute Gasteiger partial charge is 0.274 e. The topological polar surface area (TPSA) is 77.1 Å². The fourth-order valence-electron chi connectivity index (χ4n) is 2.27.